The summed E-state index contributed by atoms with van der Waals surface area (Å²) in [5.41, 5.74) is 0. The van der Waals surface area contributed by atoms with Gasteiger partial charge in [-0.15, -0.1) is 11.6 Å². The Kier molecular flexibility index (Phi) is 5.97. The van der Waals surface area contributed by atoms with Gasteiger partial charge in [-0.3, -0.25) is 0 Å². The maximum Gasteiger partial charge on any atom is 0.0945 e. The number of ether oxygens (including phenoxy) is 1. The summed E-state index contributed by atoms with van der Waals surface area (Å²) in [6, 6.07) is 0. The number of rotatable bonds is 7. The van der Waals surface area contributed by atoms with Crippen molar-refractivity contribution in [3.63, 3.8) is 0 Å². The Bertz CT molecular complexity index is 310. The molecule has 0 saturated carbocycles. The standard InChI is InChI=1S/C13H22ClN3O/c14-4-11-18-13-2-8-16(9-3-13)6-1-7-17-10-5-15-12-17/h5,10,12-13H,1-4,6-9,11H2. The van der Waals surface area contributed by atoms with Crippen molar-refractivity contribution in [2.75, 3.05) is 32.1 Å². The second-order valence-corrected chi connectivity index (χ2v) is 5.13. The molecule has 5 heteroatoms. The number of aromatic nitrogens is 2. The van der Waals surface area contributed by atoms with E-state index in [-0.39, 0.29) is 0 Å². The molecule has 1 aliphatic heterocycles. The Morgan fingerprint density at radius 1 is 1.28 bits per heavy atom. The summed E-state index contributed by atoms with van der Waals surface area (Å²) in [5.74, 6) is 0.602. The number of hydrogen-bond donors (Lipinski definition) is 0. The number of piperidine rings is 1. The van der Waals surface area contributed by atoms with E-state index >= 15 is 0 Å². The van der Waals surface area contributed by atoms with Gasteiger partial charge < -0.3 is 14.2 Å². The Balaban J connectivity index is 1.56. The topological polar surface area (TPSA) is 30.3 Å². The SMILES string of the molecule is ClCCOC1CCN(CCCn2ccnc2)CC1. The monoisotopic (exact) mass is 271 g/mol. The minimum Gasteiger partial charge on any atom is -0.377 e. The van der Waals surface area contributed by atoms with Crippen LogP contribution in [0.25, 0.3) is 0 Å². The summed E-state index contributed by atoms with van der Waals surface area (Å²) >= 11 is 5.62. The van der Waals surface area contributed by atoms with Crippen LogP contribution in [-0.4, -0.2) is 52.7 Å². The molecule has 1 saturated heterocycles. The highest BCUT2D eigenvalue weighted by Crippen LogP contribution is 2.14. The molecule has 0 unspecified atom stereocenters. The van der Waals surface area contributed by atoms with Gasteiger partial charge in [0.1, 0.15) is 0 Å². The van der Waals surface area contributed by atoms with Gasteiger partial charge in [-0.2, -0.15) is 0 Å². The van der Waals surface area contributed by atoms with Crippen LogP contribution in [0.1, 0.15) is 19.3 Å². The number of alkyl halides is 1. The summed E-state index contributed by atoms with van der Waals surface area (Å²) in [5, 5.41) is 0. The second kappa shape index (κ2) is 7.77. The third-order valence-corrected chi connectivity index (χ3v) is 3.57. The van der Waals surface area contributed by atoms with Gasteiger partial charge in [0.05, 0.1) is 19.0 Å². The highest BCUT2D eigenvalue weighted by atomic mass is 35.5. The fourth-order valence-electron chi connectivity index (χ4n) is 2.41. The molecule has 1 fully saturated rings. The fraction of sp³-hybridized carbons (Fsp3) is 0.769. The van der Waals surface area contributed by atoms with Crippen LogP contribution in [0.2, 0.25) is 0 Å². The number of aryl methyl sites for hydroxylation is 1. The Morgan fingerprint density at radius 2 is 2.11 bits per heavy atom. The predicted octanol–water partition coefficient (Wildman–Crippen LogP) is 1.99. The van der Waals surface area contributed by atoms with Gasteiger partial charge in [-0.25, -0.2) is 4.98 Å². The van der Waals surface area contributed by atoms with E-state index < -0.39 is 0 Å². The Labute approximate surface area is 114 Å². The fourth-order valence-corrected chi connectivity index (χ4v) is 2.50. The molecule has 18 heavy (non-hydrogen) atoms. The van der Waals surface area contributed by atoms with E-state index in [4.69, 9.17) is 16.3 Å². The lowest BCUT2D eigenvalue weighted by Gasteiger charge is -2.31. The third-order valence-electron chi connectivity index (χ3n) is 3.42. The third kappa shape index (κ3) is 4.59. The van der Waals surface area contributed by atoms with Crippen molar-refractivity contribution >= 4 is 11.6 Å². The molecule has 2 heterocycles. The highest BCUT2D eigenvalue weighted by molar-refractivity contribution is 6.17. The number of hydrogen-bond acceptors (Lipinski definition) is 3. The smallest absolute Gasteiger partial charge is 0.0945 e. The molecule has 0 bridgehead atoms. The van der Waals surface area contributed by atoms with E-state index in [1.807, 2.05) is 18.7 Å². The van der Waals surface area contributed by atoms with Crippen LogP contribution >= 0.6 is 11.6 Å². The van der Waals surface area contributed by atoms with Gasteiger partial charge in [-0.1, -0.05) is 0 Å². The molecular weight excluding hydrogens is 250 g/mol. The summed E-state index contributed by atoms with van der Waals surface area (Å²) in [6.45, 7) is 5.21. The van der Waals surface area contributed by atoms with Crippen molar-refractivity contribution in [1.29, 1.82) is 0 Å². The summed E-state index contributed by atoms with van der Waals surface area (Å²) in [6.07, 6.45) is 9.62. The first-order chi connectivity index (χ1) is 8.88. The molecular formula is C13H22ClN3O. The van der Waals surface area contributed by atoms with Gasteiger partial charge in [-0.05, 0) is 25.8 Å². The molecule has 1 aliphatic rings. The van der Waals surface area contributed by atoms with Crippen LogP contribution in [0.4, 0.5) is 0 Å². The lowest BCUT2D eigenvalue weighted by atomic mass is 10.1. The molecule has 0 spiro atoms. The number of halogens is 1. The molecule has 4 nitrogen and oxygen atoms in total. The molecule has 1 aromatic heterocycles. The maximum atomic E-state index is 5.67. The molecule has 2 rings (SSSR count). The lowest BCUT2D eigenvalue weighted by molar-refractivity contribution is 0.0148. The first-order valence-corrected chi connectivity index (χ1v) is 7.27. The molecule has 0 aliphatic carbocycles. The van der Waals surface area contributed by atoms with Gasteiger partial charge >= 0.3 is 0 Å². The van der Waals surface area contributed by atoms with Crippen molar-refractivity contribution < 1.29 is 4.74 Å². The molecule has 0 radical (unpaired) electrons. The Morgan fingerprint density at radius 3 is 2.78 bits per heavy atom. The van der Waals surface area contributed by atoms with Gasteiger partial charge in [0, 0.05) is 37.9 Å². The molecule has 0 N–H and O–H groups in total. The van der Waals surface area contributed by atoms with Crippen molar-refractivity contribution in [3.8, 4) is 0 Å². The normalized spacial score (nSPS) is 18.3. The van der Waals surface area contributed by atoms with Crippen molar-refractivity contribution in [1.82, 2.24) is 14.5 Å². The van der Waals surface area contributed by atoms with Crippen molar-refractivity contribution in [2.24, 2.45) is 0 Å². The molecule has 102 valence electrons. The van der Waals surface area contributed by atoms with Crippen molar-refractivity contribution in [2.45, 2.75) is 31.9 Å². The molecule has 0 atom stereocenters. The van der Waals surface area contributed by atoms with Crippen LogP contribution in [0.15, 0.2) is 18.7 Å². The van der Waals surface area contributed by atoms with Crippen LogP contribution in [0, 0.1) is 0 Å². The van der Waals surface area contributed by atoms with E-state index in [1.54, 1.807) is 0 Å². The number of likely N-dealkylation sites (tertiary alicyclic amines) is 1. The van der Waals surface area contributed by atoms with Crippen LogP contribution in [0.5, 0.6) is 0 Å². The van der Waals surface area contributed by atoms with E-state index in [9.17, 15) is 0 Å². The largest absolute Gasteiger partial charge is 0.377 e. The maximum absolute atomic E-state index is 5.67. The Hall–Kier alpha value is -0.580. The van der Waals surface area contributed by atoms with E-state index in [0.717, 1.165) is 32.5 Å². The zero-order valence-corrected chi connectivity index (χ0v) is 11.6. The number of imidazole rings is 1. The van der Waals surface area contributed by atoms with Gasteiger partial charge in [0.15, 0.2) is 0 Å². The highest BCUT2D eigenvalue weighted by Gasteiger charge is 2.18. The molecule has 1 aromatic rings. The van der Waals surface area contributed by atoms with E-state index in [0.29, 0.717) is 18.6 Å². The quantitative estimate of drug-likeness (QED) is 0.711. The lowest BCUT2D eigenvalue weighted by Crippen LogP contribution is -2.38. The first kappa shape index (κ1) is 13.8. The van der Waals surface area contributed by atoms with Crippen LogP contribution in [-0.2, 0) is 11.3 Å². The van der Waals surface area contributed by atoms with Gasteiger partial charge in [0.25, 0.3) is 0 Å². The minimum atomic E-state index is 0.425. The zero-order valence-electron chi connectivity index (χ0n) is 10.8. The summed E-state index contributed by atoms with van der Waals surface area (Å²) < 4.78 is 7.81. The zero-order chi connectivity index (χ0) is 12.6. The predicted molar refractivity (Wildman–Crippen MR) is 73.0 cm³/mol. The summed E-state index contributed by atoms with van der Waals surface area (Å²) in [4.78, 5) is 6.57. The minimum absolute atomic E-state index is 0.425. The number of nitrogens with zero attached hydrogens (tertiary/aromatic N) is 3. The van der Waals surface area contributed by atoms with E-state index in [1.165, 1.54) is 13.0 Å². The molecule has 0 amide bonds. The second-order valence-electron chi connectivity index (χ2n) is 4.75. The average Bonchev–Trinajstić information content (AvgIpc) is 2.91. The van der Waals surface area contributed by atoms with Crippen LogP contribution < -0.4 is 0 Å². The van der Waals surface area contributed by atoms with Crippen LogP contribution in [0.3, 0.4) is 0 Å². The first-order valence-electron chi connectivity index (χ1n) is 6.74. The summed E-state index contributed by atoms with van der Waals surface area (Å²) in [7, 11) is 0. The average molecular weight is 272 g/mol. The van der Waals surface area contributed by atoms with Gasteiger partial charge in [0.2, 0.25) is 0 Å². The van der Waals surface area contributed by atoms with Crippen molar-refractivity contribution in [3.05, 3.63) is 18.7 Å². The van der Waals surface area contributed by atoms with E-state index in [2.05, 4.69) is 14.5 Å². The molecule has 0 aromatic carbocycles.